The van der Waals surface area contributed by atoms with Crippen LogP contribution in [0.5, 0.6) is 0 Å². The van der Waals surface area contributed by atoms with Gasteiger partial charge in [-0.05, 0) is 30.7 Å². The number of nitrogens with one attached hydrogen (secondary N) is 1. The summed E-state index contributed by atoms with van der Waals surface area (Å²) in [4.78, 5) is 37.6. The van der Waals surface area contributed by atoms with Gasteiger partial charge in [-0.15, -0.1) is 11.3 Å². The molecule has 1 aromatic heterocycles. The van der Waals surface area contributed by atoms with Crippen molar-refractivity contribution in [1.82, 2.24) is 4.31 Å². The maximum atomic E-state index is 14.4. The van der Waals surface area contributed by atoms with Crippen LogP contribution in [0.4, 0.5) is 9.39 Å². The molecule has 4 rings (SSSR count). The molecule has 1 fully saturated rings. The van der Waals surface area contributed by atoms with Crippen molar-refractivity contribution in [1.29, 1.82) is 0 Å². The van der Waals surface area contributed by atoms with Gasteiger partial charge in [0.25, 0.3) is 5.91 Å². The van der Waals surface area contributed by atoms with Gasteiger partial charge >= 0.3 is 11.9 Å². The van der Waals surface area contributed by atoms with Crippen molar-refractivity contribution in [3.8, 4) is 11.1 Å². The number of sulfonamides is 1. The number of thiophene rings is 1. The SMILES string of the molecule is CCOC(=O)c1c(-c2ccccc2)csc1NC(=O)COC(=O)c1cc(S(=O)(=O)N2CCOCC2)ccc1F. The van der Waals surface area contributed by atoms with E-state index < -0.39 is 45.9 Å². The van der Waals surface area contributed by atoms with E-state index in [0.717, 1.165) is 35.1 Å². The second kappa shape index (κ2) is 12.5. The monoisotopic (exact) mass is 576 g/mol. The third-order valence-electron chi connectivity index (χ3n) is 5.71. The summed E-state index contributed by atoms with van der Waals surface area (Å²) in [6.07, 6.45) is 0. The number of ether oxygens (including phenoxy) is 3. The summed E-state index contributed by atoms with van der Waals surface area (Å²) in [5.74, 6) is -3.64. The number of hydrogen-bond donors (Lipinski definition) is 1. The minimum Gasteiger partial charge on any atom is -0.462 e. The molecule has 0 spiro atoms. The number of nitrogens with zero attached hydrogens (tertiary/aromatic N) is 1. The van der Waals surface area contributed by atoms with Gasteiger partial charge < -0.3 is 19.5 Å². The number of carbonyl (C=O) groups is 3. The first kappa shape index (κ1) is 28.4. The van der Waals surface area contributed by atoms with Gasteiger partial charge in [-0.3, -0.25) is 4.79 Å². The number of morpholine rings is 1. The molecule has 39 heavy (non-hydrogen) atoms. The summed E-state index contributed by atoms with van der Waals surface area (Å²) in [5.41, 5.74) is 0.824. The minimum atomic E-state index is -3.99. The summed E-state index contributed by atoms with van der Waals surface area (Å²) in [5, 5.41) is 4.42. The lowest BCUT2D eigenvalue weighted by Crippen LogP contribution is -2.40. The molecule has 3 aromatic rings. The Morgan fingerprint density at radius 2 is 1.77 bits per heavy atom. The summed E-state index contributed by atoms with van der Waals surface area (Å²) in [6, 6.07) is 11.8. The van der Waals surface area contributed by atoms with E-state index in [2.05, 4.69) is 5.32 Å². The molecule has 0 atom stereocenters. The average molecular weight is 577 g/mol. The largest absolute Gasteiger partial charge is 0.462 e. The third-order valence-corrected chi connectivity index (χ3v) is 8.50. The second-order valence-electron chi connectivity index (χ2n) is 8.22. The molecule has 0 unspecified atom stereocenters. The van der Waals surface area contributed by atoms with Gasteiger partial charge in [-0.2, -0.15) is 4.31 Å². The van der Waals surface area contributed by atoms with E-state index in [4.69, 9.17) is 14.2 Å². The molecule has 2 heterocycles. The highest BCUT2D eigenvalue weighted by atomic mass is 32.2. The number of hydrogen-bond acceptors (Lipinski definition) is 9. The predicted molar refractivity (Wildman–Crippen MR) is 141 cm³/mol. The van der Waals surface area contributed by atoms with E-state index in [0.29, 0.717) is 5.56 Å². The molecule has 1 saturated heterocycles. The lowest BCUT2D eigenvalue weighted by atomic mass is 10.0. The van der Waals surface area contributed by atoms with Crippen LogP contribution in [-0.4, -0.2) is 70.1 Å². The predicted octanol–water partition coefficient (Wildman–Crippen LogP) is 3.55. The first-order valence-electron chi connectivity index (χ1n) is 11.9. The topological polar surface area (TPSA) is 128 Å². The zero-order valence-electron chi connectivity index (χ0n) is 20.8. The molecule has 1 aliphatic heterocycles. The van der Waals surface area contributed by atoms with Gasteiger partial charge in [0.2, 0.25) is 10.0 Å². The zero-order chi connectivity index (χ0) is 28.0. The van der Waals surface area contributed by atoms with E-state index >= 15 is 0 Å². The summed E-state index contributed by atoms with van der Waals surface area (Å²) < 4.78 is 56.6. The van der Waals surface area contributed by atoms with Gasteiger partial charge in [0.1, 0.15) is 16.4 Å². The van der Waals surface area contributed by atoms with Crippen molar-refractivity contribution in [2.75, 3.05) is 44.8 Å². The molecule has 0 radical (unpaired) electrons. The number of halogens is 1. The van der Waals surface area contributed by atoms with Crippen molar-refractivity contribution >= 4 is 44.2 Å². The molecule has 0 aliphatic carbocycles. The van der Waals surface area contributed by atoms with E-state index in [9.17, 15) is 27.2 Å². The minimum absolute atomic E-state index is 0.125. The number of anilines is 1. The number of rotatable bonds is 9. The third kappa shape index (κ3) is 6.50. The fourth-order valence-corrected chi connectivity index (χ4v) is 6.22. The number of benzene rings is 2. The molecule has 13 heteroatoms. The van der Waals surface area contributed by atoms with Crippen molar-refractivity contribution in [3.63, 3.8) is 0 Å². The highest BCUT2D eigenvalue weighted by molar-refractivity contribution is 7.89. The Bertz CT molecular complexity index is 1470. The molecular weight excluding hydrogens is 551 g/mol. The van der Waals surface area contributed by atoms with Crippen LogP contribution in [-0.2, 0) is 29.0 Å². The molecule has 1 aliphatic rings. The Balaban J connectivity index is 1.47. The van der Waals surface area contributed by atoms with Gasteiger partial charge in [0, 0.05) is 24.0 Å². The Morgan fingerprint density at radius 3 is 2.46 bits per heavy atom. The number of esters is 2. The lowest BCUT2D eigenvalue weighted by Gasteiger charge is -2.26. The Kier molecular flexibility index (Phi) is 9.07. The normalized spacial score (nSPS) is 14.0. The first-order valence-corrected chi connectivity index (χ1v) is 14.2. The van der Waals surface area contributed by atoms with Gasteiger partial charge in [-0.1, -0.05) is 30.3 Å². The van der Waals surface area contributed by atoms with E-state index in [1.54, 1.807) is 36.6 Å². The fraction of sp³-hybridized carbons (Fsp3) is 0.269. The molecule has 10 nitrogen and oxygen atoms in total. The molecule has 1 N–H and O–H groups in total. The van der Waals surface area contributed by atoms with E-state index in [1.807, 2.05) is 6.07 Å². The maximum Gasteiger partial charge on any atom is 0.341 e. The van der Waals surface area contributed by atoms with Crippen molar-refractivity contribution in [3.05, 3.63) is 70.9 Å². The molecular formula is C26H25FN2O8S2. The van der Waals surface area contributed by atoms with Crippen LogP contribution in [0, 0.1) is 5.82 Å². The lowest BCUT2D eigenvalue weighted by molar-refractivity contribution is -0.119. The molecule has 0 bridgehead atoms. The van der Waals surface area contributed by atoms with Crippen LogP contribution in [0.25, 0.3) is 11.1 Å². The van der Waals surface area contributed by atoms with E-state index in [1.165, 1.54) is 4.31 Å². The smallest absolute Gasteiger partial charge is 0.341 e. The van der Waals surface area contributed by atoms with Crippen molar-refractivity contribution < 1.29 is 41.4 Å². The highest BCUT2D eigenvalue weighted by Gasteiger charge is 2.29. The van der Waals surface area contributed by atoms with Gasteiger partial charge in [0.05, 0.1) is 30.3 Å². The molecule has 206 valence electrons. The van der Waals surface area contributed by atoms with Crippen molar-refractivity contribution in [2.24, 2.45) is 0 Å². The summed E-state index contributed by atoms with van der Waals surface area (Å²) in [6.45, 7) is 1.67. The van der Waals surface area contributed by atoms with Crippen LogP contribution < -0.4 is 5.32 Å². The Morgan fingerprint density at radius 1 is 1.05 bits per heavy atom. The maximum absolute atomic E-state index is 14.4. The standard InChI is InChI=1S/C26H25FN2O8S2/c1-2-36-26(32)23-20(17-6-4-3-5-7-17)16-38-24(23)28-22(30)15-37-25(31)19-14-18(8-9-21(19)27)39(33,34)29-10-12-35-13-11-29/h3-9,14,16H,2,10-13,15H2,1H3,(H,28,30). The van der Waals surface area contributed by atoms with Crippen LogP contribution in [0.2, 0.25) is 0 Å². The highest BCUT2D eigenvalue weighted by Crippen LogP contribution is 2.36. The van der Waals surface area contributed by atoms with Crippen LogP contribution >= 0.6 is 11.3 Å². The van der Waals surface area contributed by atoms with Gasteiger partial charge in [-0.25, -0.2) is 22.4 Å². The van der Waals surface area contributed by atoms with Crippen LogP contribution in [0.15, 0.2) is 58.8 Å². The quantitative estimate of drug-likeness (QED) is 0.383. The fourth-order valence-electron chi connectivity index (χ4n) is 3.81. The van der Waals surface area contributed by atoms with Crippen LogP contribution in [0.3, 0.4) is 0 Å². The first-order chi connectivity index (χ1) is 18.7. The zero-order valence-corrected chi connectivity index (χ0v) is 22.5. The average Bonchev–Trinajstić information content (AvgIpc) is 3.36. The van der Waals surface area contributed by atoms with Crippen LogP contribution in [0.1, 0.15) is 27.6 Å². The van der Waals surface area contributed by atoms with Gasteiger partial charge in [0.15, 0.2) is 6.61 Å². The Hall–Kier alpha value is -3.65. The second-order valence-corrected chi connectivity index (χ2v) is 11.0. The molecule has 0 saturated carbocycles. The summed E-state index contributed by atoms with van der Waals surface area (Å²) >= 11 is 1.09. The van der Waals surface area contributed by atoms with Crippen molar-refractivity contribution in [2.45, 2.75) is 11.8 Å². The Labute approximate surface area is 228 Å². The summed E-state index contributed by atoms with van der Waals surface area (Å²) in [7, 11) is -3.99. The van der Waals surface area contributed by atoms with E-state index in [-0.39, 0.29) is 48.4 Å². The number of carbonyl (C=O) groups excluding carboxylic acids is 3. The molecule has 1 amide bonds. The number of amides is 1. The molecule has 2 aromatic carbocycles.